The van der Waals surface area contributed by atoms with E-state index < -0.39 is 0 Å². The van der Waals surface area contributed by atoms with Crippen molar-refractivity contribution >= 4 is 44.2 Å². The minimum Gasteiger partial charge on any atom is -0.365 e. The lowest BCUT2D eigenvalue weighted by Gasteiger charge is -2.44. The molecule has 2 saturated heterocycles. The third kappa shape index (κ3) is 2.43. The highest BCUT2D eigenvalue weighted by molar-refractivity contribution is 14.1. The Balaban J connectivity index is 1.88. The Morgan fingerprint density at radius 3 is 3.00 bits per heavy atom. The van der Waals surface area contributed by atoms with Crippen LogP contribution in [0.3, 0.4) is 0 Å². The first kappa shape index (κ1) is 13.2. The highest BCUT2D eigenvalue weighted by Gasteiger charge is 2.34. The van der Waals surface area contributed by atoms with Gasteiger partial charge in [0, 0.05) is 33.2 Å². The molecule has 1 aromatic rings. The summed E-state index contributed by atoms with van der Waals surface area (Å²) in [5, 5.41) is 0. The predicted molar refractivity (Wildman–Crippen MR) is 88.3 cm³/mol. The topological polar surface area (TPSA) is 6.48 Å². The van der Waals surface area contributed by atoms with Gasteiger partial charge in [0.05, 0.1) is 5.69 Å². The number of hydrogen-bond acceptors (Lipinski definition) is 2. The molecular formula is C14H18BrIN2. The second-order valence-electron chi connectivity index (χ2n) is 5.39. The van der Waals surface area contributed by atoms with E-state index in [4.69, 9.17) is 0 Å². The van der Waals surface area contributed by atoms with Crippen LogP contribution in [0, 0.1) is 3.57 Å². The lowest BCUT2D eigenvalue weighted by molar-refractivity contribution is 0.203. The van der Waals surface area contributed by atoms with Crippen molar-refractivity contribution in [2.75, 3.05) is 24.5 Å². The molecule has 2 unspecified atom stereocenters. The van der Waals surface area contributed by atoms with Crippen LogP contribution in [0.15, 0.2) is 22.7 Å². The summed E-state index contributed by atoms with van der Waals surface area (Å²) in [6.45, 7) is 6.06. The number of rotatable bonds is 1. The number of piperazine rings is 1. The minimum atomic E-state index is 0.613. The summed E-state index contributed by atoms with van der Waals surface area (Å²) < 4.78 is 2.54. The van der Waals surface area contributed by atoms with Gasteiger partial charge in [0.2, 0.25) is 0 Å². The number of benzene rings is 1. The molecule has 0 aromatic heterocycles. The van der Waals surface area contributed by atoms with E-state index in [0.29, 0.717) is 6.04 Å². The summed E-state index contributed by atoms with van der Waals surface area (Å²) in [6.07, 6.45) is 2.74. The molecule has 4 heteroatoms. The van der Waals surface area contributed by atoms with Gasteiger partial charge in [0.25, 0.3) is 0 Å². The summed E-state index contributed by atoms with van der Waals surface area (Å²) in [7, 11) is 0. The Kier molecular flexibility index (Phi) is 3.87. The zero-order valence-electron chi connectivity index (χ0n) is 10.6. The highest BCUT2D eigenvalue weighted by atomic mass is 127. The number of anilines is 1. The monoisotopic (exact) mass is 420 g/mol. The third-order valence-corrected chi connectivity index (χ3v) is 5.56. The van der Waals surface area contributed by atoms with E-state index in [9.17, 15) is 0 Å². The van der Waals surface area contributed by atoms with Crippen molar-refractivity contribution in [3.8, 4) is 0 Å². The first-order chi connectivity index (χ1) is 8.65. The highest BCUT2D eigenvalue weighted by Crippen LogP contribution is 2.33. The van der Waals surface area contributed by atoms with Gasteiger partial charge >= 0.3 is 0 Å². The van der Waals surface area contributed by atoms with Crippen molar-refractivity contribution in [1.29, 1.82) is 0 Å². The van der Waals surface area contributed by atoms with Gasteiger partial charge in [-0.2, -0.15) is 0 Å². The Bertz CT molecular complexity index is 451. The normalized spacial score (nSPS) is 28.5. The Labute approximate surface area is 131 Å². The number of halogens is 2. The molecule has 0 spiro atoms. The van der Waals surface area contributed by atoms with Crippen molar-refractivity contribution in [1.82, 2.24) is 4.90 Å². The molecule has 2 heterocycles. The molecule has 0 saturated carbocycles. The Hall–Kier alpha value is 0.190. The zero-order chi connectivity index (χ0) is 12.7. The van der Waals surface area contributed by atoms with E-state index in [1.54, 1.807) is 0 Å². The van der Waals surface area contributed by atoms with Gasteiger partial charge in [-0.05, 0) is 67.1 Å². The van der Waals surface area contributed by atoms with Gasteiger partial charge in [0.1, 0.15) is 0 Å². The van der Waals surface area contributed by atoms with Crippen molar-refractivity contribution < 1.29 is 0 Å². The van der Waals surface area contributed by atoms with Crippen LogP contribution in [0.1, 0.15) is 19.8 Å². The molecule has 2 aliphatic heterocycles. The molecule has 18 heavy (non-hydrogen) atoms. The Morgan fingerprint density at radius 1 is 1.33 bits per heavy atom. The fourth-order valence-corrected chi connectivity index (χ4v) is 4.22. The van der Waals surface area contributed by atoms with Crippen LogP contribution in [-0.4, -0.2) is 36.6 Å². The SMILES string of the molecule is CC1CN2CCCC2CN1c1cc(Br)ccc1I. The second-order valence-corrected chi connectivity index (χ2v) is 7.47. The molecule has 2 atom stereocenters. The average molecular weight is 421 g/mol. The first-order valence-electron chi connectivity index (χ1n) is 6.61. The lowest BCUT2D eigenvalue weighted by Crippen LogP contribution is -2.55. The van der Waals surface area contributed by atoms with Crippen LogP contribution in [0.25, 0.3) is 0 Å². The van der Waals surface area contributed by atoms with Crippen LogP contribution >= 0.6 is 38.5 Å². The number of nitrogens with zero attached hydrogens (tertiary/aromatic N) is 2. The van der Waals surface area contributed by atoms with Gasteiger partial charge < -0.3 is 4.90 Å². The molecule has 2 aliphatic rings. The maximum absolute atomic E-state index is 3.60. The van der Waals surface area contributed by atoms with Gasteiger partial charge in [-0.1, -0.05) is 15.9 Å². The van der Waals surface area contributed by atoms with E-state index in [-0.39, 0.29) is 0 Å². The minimum absolute atomic E-state index is 0.613. The van der Waals surface area contributed by atoms with Crippen molar-refractivity contribution in [3.05, 3.63) is 26.2 Å². The van der Waals surface area contributed by atoms with Crippen LogP contribution in [-0.2, 0) is 0 Å². The van der Waals surface area contributed by atoms with Gasteiger partial charge in [0.15, 0.2) is 0 Å². The molecule has 0 bridgehead atoms. The summed E-state index contributed by atoms with van der Waals surface area (Å²) >= 11 is 6.05. The Morgan fingerprint density at radius 2 is 2.17 bits per heavy atom. The molecule has 0 aliphatic carbocycles. The van der Waals surface area contributed by atoms with Crippen LogP contribution < -0.4 is 4.90 Å². The van der Waals surface area contributed by atoms with Crippen molar-refractivity contribution in [2.45, 2.75) is 31.8 Å². The van der Waals surface area contributed by atoms with Crippen molar-refractivity contribution in [2.24, 2.45) is 0 Å². The van der Waals surface area contributed by atoms with Crippen LogP contribution in [0.5, 0.6) is 0 Å². The van der Waals surface area contributed by atoms with E-state index in [1.807, 2.05) is 0 Å². The maximum Gasteiger partial charge on any atom is 0.0516 e. The molecule has 0 amide bonds. The molecule has 0 N–H and O–H groups in total. The van der Waals surface area contributed by atoms with Gasteiger partial charge in [-0.3, -0.25) is 4.90 Å². The van der Waals surface area contributed by atoms with Gasteiger partial charge in [-0.25, -0.2) is 0 Å². The predicted octanol–water partition coefficient (Wildman–Crippen LogP) is 3.73. The van der Waals surface area contributed by atoms with Crippen LogP contribution in [0.2, 0.25) is 0 Å². The van der Waals surface area contributed by atoms with Crippen molar-refractivity contribution in [3.63, 3.8) is 0 Å². The molecule has 3 rings (SSSR count). The zero-order valence-corrected chi connectivity index (χ0v) is 14.3. The first-order valence-corrected chi connectivity index (χ1v) is 8.48. The fraction of sp³-hybridized carbons (Fsp3) is 0.571. The van der Waals surface area contributed by atoms with Gasteiger partial charge in [-0.15, -0.1) is 0 Å². The smallest absolute Gasteiger partial charge is 0.0516 e. The molecular weight excluding hydrogens is 403 g/mol. The van der Waals surface area contributed by atoms with E-state index in [0.717, 1.165) is 6.04 Å². The largest absolute Gasteiger partial charge is 0.365 e. The van der Waals surface area contributed by atoms with E-state index >= 15 is 0 Å². The molecule has 2 nitrogen and oxygen atoms in total. The van der Waals surface area contributed by atoms with E-state index in [1.165, 1.54) is 46.2 Å². The molecule has 98 valence electrons. The second kappa shape index (κ2) is 5.29. The van der Waals surface area contributed by atoms with E-state index in [2.05, 4.69) is 73.4 Å². The molecule has 2 fully saturated rings. The van der Waals surface area contributed by atoms with Crippen LogP contribution in [0.4, 0.5) is 5.69 Å². The molecule has 1 aromatic carbocycles. The fourth-order valence-electron chi connectivity index (χ4n) is 3.23. The maximum atomic E-state index is 3.60. The summed E-state index contributed by atoms with van der Waals surface area (Å²) in [5.41, 5.74) is 1.39. The number of fused-ring (bicyclic) bond motifs is 1. The lowest BCUT2D eigenvalue weighted by atomic mass is 10.1. The summed E-state index contributed by atoms with van der Waals surface area (Å²) in [4.78, 5) is 5.27. The third-order valence-electron chi connectivity index (χ3n) is 4.15. The quantitative estimate of drug-likeness (QED) is 0.638. The summed E-state index contributed by atoms with van der Waals surface area (Å²) in [6, 6.07) is 7.98. The number of hydrogen-bond donors (Lipinski definition) is 0. The standard InChI is InChI=1S/C14H18BrIN2/c1-10-8-17-6-2-3-12(17)9-18(10)14-7-11(15)4-5-13(14)16/h4-5,7,10,12H,2-3,6,8-9H2,1H3. The summed E-state index contributed by atoms with van der Waals surface area (Å²) in [5.74, 6) is 0. The molecule has 0 radical (unpaired) electrons. The average Bonchev–Trinajstić information content (AvgIpc) is 2.78.